The normalized spacial score (nSPS) is 16.1. The van der Waals surface area contributed by atoms with Crippen molar-refractivity contribution in [1.29, 1.82) is 0 Å². The maximum Gasteiger partial charge on any atom is 0.147 e. The molecule has 3 aromatic rings. The van der Waals surface area contributed by atoms with Crippen LogP contribution >= 0.6 is 0 Å². The molecule has 1 aliphatic rings. The van der Waals surface area contributed by atoms with Gasteiger partial charge in [0.05, 0.1) is 23.8 Å². The van der Waals surface area contributed by atoms with Crippen LogP contribution in [0.5, 0.6) is 0 Å². The highest BCUT2D eigenvalue weighted by Crippen LogP contribution is 2.16. The molecule has 0 spiro atoms. The highest BCUT2D eigenvalue weighted by atomic mass is 15.3. The third-order valence-corrected chi connectivity index (χ3v) is 4.24. The van der Waals surface area contributed by atoms with Crippen LogP contribution in [0.25, 0.3) is 11.0 Å². The van der Waals surface area contributed by atoms with E-state index in [4.69, 9.17) is 4.98 Å². The van der Waals surface area contributed by atoms with Crippen LogP contribution in [0.15, 0.2) is 43.1 Å². The molecule has 0 aliphatic carbocycles. The lowest BCUT2D eigenvalue weighted by Gasteiger charge is -2.35. The number of anilines is 1. The van der Waals surface area contributed by atoms with Crippen molar-refractivity contribution in [2.24, 2.45) is 0 Å². The van der Waals surface area contributed by atoms with Crippen LogP contribution < -0.4 is 4.90 Å². The molecule has 1 aliphatic heterocycles. The van der Waals surface area contributed by atoms with Gasteiger partial charge in [-0.1, -0.05) is 12.1 Å². The topological polar surface area (TPSA) is 63.0 Å². The summed E-state index contributed by atoms with van der Waals surface area (Å²) in [7, 11) is 0. The van der Waals surface area contributed by atoms with Crippen LogP contribution in [0, 0.1) is 0 Å². The van der Waals surface area contributed by atoms with Crippen molar-refractivity contribution >= 4 is 16.9 Å². The average Bonchev–Trinajstić information content (AvgIpc) is 3.14. The minimum Gasteiger partial charge on any atom is -0.353 e. The van der Waals surface area contributed by atoms with E-state index in [0.29, 0.717) is 0 Å². The standard InChI is InChI=1S/C16H19N7/c1-2-4-15-14(3-1)18-11-16(20-15)22-8-5-21(6-9-22)7-10-23-13-17-12-19-23/h1-4,11-13H,5-10H2. The summed E-state index contributed by atoms with van der Waals surface area (Å²) < 4.78 is 1.88. The zero-order chi connectivity index (χ0) is 15.5. The zero-order valence-electron chi connectivity index (χ0n) is 12.9. The van der Waals surface area contributed by atoms with E-state index < -0.39 is 0 Å². The lowest BCUT2D eigenvalue weighted by Crippen LogP contribution is -2.47. The molecular formula is C16H19N7. The molecule has 4 rings (SSSR count). The smallest absolute Gasteiger partial charge is 0.147 e. The molecule has 0 bridgehead atoms. The van der Waals surface area contributed by atoms with Crippen molar-refractivity contribution in [3.63, 3.8) is 0 Å². The molecular weight excluding hydrogens is 290 g/mol. The predicted octanol–water partition coefficient (Wildman–Crippen LogP) is 1.04. The van der Waals surface area contributed by atoms with Crippen molar-refractivity contribution in [2.45, 2.75) is 6.54 Å². The summed E-state index contributed by atoms with van der Waals surface area (Å²) in [5, 5.41) is 4.14. The number of rotatable bonds is 4. The first-order valence-electron chi connectivity index (χ1n) is 7.90. The Hall–Kier alpha value is -2.54. The number of fused-ring (bicyclic) bond motifs is 1. The molecule has 1 saturated heterocycles. The van der Waals surface area contributed by atoms with E-state index in [2.05, 4.69) is 24.9 Å². The third kappa shape index (κ3) is 3.14. The van der Waals surface area contributed by atoms with Gasteiger partial charge in [-0.25, -0.2) is 9.97 Å². The van der Waals surface area contributed by atoms with Gasteiger partial charge < -0.3 is 4.90 Å². The Labute approximate surface area is 134 Å². The minimum absolute atomic E-state index is 0.885. The molecule has 0 unspecified atom stereocenters. The van der Waals surface area contributed by atoms with Gasteiger partial charge >= 0.3 is 0 Å². The van der Waals surface area contributed by atoms with Crippen LogP contribution in [-0.2, 0) is 6.54 Å². The molecule has 0 amide bonds. The largest absolute Gasteiger partial charge is 0.353 e. The fourth-order valence-electron chi connectivity index (χ4n) is 2.89. The van der Waals surface area contributed by atoms with Gasteiger partial charge in [0, 0.05) is 32.7 Å². The SMILES string of the molecule is c1ccc2nc(N3CCN(CCn4cncn4)CC3)cnc2c1. The first kappa shape index (κ1) is 14.1. The molecule has 0 atom stereocenters. The Balaban J connectivity index is 1.36. The fourth-order valence-corrected chi connectivity index (χ4v) is 2.89. The van der Waals surface area contributed by atoms with E-state index in [1.165, 1.54) is 0 Å². The van der Waals surface area contributed by atoms with Gasteiger partial charge in [0.15, 0.2) is 0 Å². The van der Waals surface area contributed by atoms with E-state index in [9.17, 15) is 0 Å². The van der Waals surface area contributed by atoms with Gasteiger partial charge in [-0.3, -0.25) is 14.6 Å². The molecule has 7 nitrogen and oxygen atoms in total. The number of nitrogens with zero attached hydrogens (tertiary/aromatic N) is 7. The van der Waals surface area contributed by atoms with Crippen LogP contribution in [-0.4, -0.2) is 62.4 Å². The summed E-state index contributed by atoms with van der Waals surface area (Å²) in [5.74, 6) is 0.972. The zero-order valence-corrected chi connectivity index (χ0v) is 12.9. The molecule has 23 heavy (non-hydrogen) atoms. The second-order valence-corrected chi connectivity index (χ2v) is 5.70. The van der Waals surface area contributed by atoms with Gasteiger partial charge in [-0.15, -0.1) is 0 Å². The van der Waals surface area contributed by atoms with Gasteiger partial charge in [0.1, 0.15) is 18.5 Å². The summed E-state index contributed by atoms with van der Waals surface area (Å²) >= 11 is 0. The maximum absolute atomic E-state index is 4.73. The minimum atomic E-state index is 0.885. The van der Waals surface area contributed by atoms with Crippen LogP contribution in [0.4, 0.5) is 5.82 Å². The van der Waals surface area contributed by atoms with Crippen molar-refractivity contribution in [1.82, 2.24) is 29.6 Å². The van der Waals surface area contributed by atoms with E-state index >= 15 is 0 Å². The molecule has 1 aromatic carbocycles. The lowest BCUT2D eigenvalue weighted by atomic mass is 10.3. The molecule has 0 radical (unpaired) electrons. The van der Waals surface area contributed by atoms with E-state index in [1.54, 1.807) is 12.7 Å². The number of hydrogen-bond donors (Lipinski definition) is 0. The van der Waals surface area contributed by atoms with Gasteiger partial charge in [-0.05, 0) is 12.1 Å². The summed E-state index contributed by atoms with van der Waals surface area (Å²) in [4.78, 5) is 18.0. The Kier molecular flexibility index (Phi) is 3.85. The summed E-state index contributed by atoms with van der Waals surface area (Å²) in [6.07, 6.45) is 5.23. The number of para-hydroxylation sites is 2. The molecule has 1 fully saturated rings. The second kappa shape index (κ2) is 6.29. The van der Waals surface area contributed by atoms with Gasteiger partial charge in [-0.2, -0.15) is 5.10 Å². The Morgan fingerprint density at radius 2 is 1.78 bits per heavy atom. The van der Waals surface area contributed by atoms with Gasteiger partial charge in [0.25, 0.3) is 0 Å². The molecule has 7 heteroatoms. The fraction of sp³-hybridized carbons (Fsp3) is 0.375. The summed E-state index contributed by atoms with van der Waals surface area (Å²) in [6.45, 7) is 5.90. The Morgan fingerprint density at radius 1 is 0.957 bits per heavy atom. The van der Waals surface area contributed by atoms with Crippen molar-refractivity contribution < 1.29 is 0 Å². The van der Waals surface area contributed by atoms with E-state index in [1.807, 2.05) is 35.1 Å². The third-order valence-electron chi connectivity index (χ3n) is 4.24. The first-order chi connectivity index (χ1) is 11.4. The summed E-state index contributed by atoms with van der Waals surface area (Å²) in [5.41, 5.74) is 1.90. The average molecular weight is 309 g/mol. The first-order valence-corrected chi connectivity index (χ1v) is 7.90. The second-order valence-electron chi connectivity index (χ2n) is 5.70. The highest BCUT2D eigenvalue weighted by molar-refractivity contribution is 5.75. The highest BCUT2D eigenvalue weighted by Gasteiger charge is 2.18. The molecule has 118 valence electrons. The molecule has 3 heterocycles. The predicted molar refractivity (Wildman–Crippen MR) is 88.2 cm³/mol. The van der Waals surface area contributed by atoms with Gasteiger partial charge in [0.2, 0.25) is 0 Å². The van der Waals surface area contributed by atoms with Crippen LogP contribution in [0.2, 0.25) is 0 Å². The monoisotopic (exact) mass is 309 g/mol. The lowest BCUT2D eigenvalue weighted by molar-refractivity contribution is 0.244. The Morgan fingerprint density at radius 3 is 2.57 bits per heavy atom. The molecule has 0 N–H and O–H groups in total. The number of aromatic nitrogens is 5. The number of piperazine rings is 1. The number of benzene rings is 1. The van der Waals surface area contributed by atoms with E-state index in [-0.39, 0.29) is 0 Å². The van der Waals surface area contributed by atoms with E-state index in [0.717, 1.165) is 56.1 Å². The maximum atomic E-state index is 4.73. The van der Waals surface area contributed by atoms with Crippen LogP contribution in [0.3, 0.4) is 0 Å². The Bertz CT molecular complexity index is 763. The van der Waals surface area contributed by atoms with Crippen molar-refractivity contribution in [3.05, 3.63) is 43.1 Å². The van der Waals surface area contributed by atoms with Crippen molar-refractivity contribution in [2.75, 3.05) is 37.6 Å². The quantitative estimate of drug-likeness (QED) is 0.718. The number of hydrogen-bond acceptors (Lipinski definition) is 6. The van der Waals surface area contributed by atoms with Crippen molar-refractivity contribution in [3.8, 4) is 0 Å². The molecule has 0 saturated carbocycles. The van der Waals surface area contributed by atoms with Crippen LogP contribution in [0.1, 0.15) is 0 Å². The summed E-state index contributed by atoms with van der Waals surface area (Å²) in [6, 6.07) is 8.00. The molecule has 2 aromatic heterocycles.